The lowest BCUT2D eigenvalue weighted by Gasteiger charge is -2.17. The molecule has 92 valence electrons. The van der Waals surface area contributed by atoms with Crippen LogP contribution in [0.4, 0.5) is 0 Å². The van der Waals surface area contributed by atoms with Gasteiger partial charge >= 0.3 is 5.97 Å². The summed E-state index contributed by atoms with van der Waals surface area (Å²) in [7, 11) is 0. The lowest BCUT2D eigenvalue weighted by Crippen LogP contribution is -2.15. The zero-order valence-corrected chi connectivity index (χ0v) is 12.3. The maximum atomic E-state index is 11.3. The smallest absolute Gasteiger partial charge is 0.303 e. The van der Waals surface area contributed by atoms with Gasteiger partial charge in [-0.1, -0.05) is 44.8 Å². The Morgan fingerprint density at radius 3 is 2.31 bits per heavy atom. The number of ketones is 1. The molecule has 0 aromatic heterocycles. The number of thiocarbonyl (C=S) groups is 1. The van der Waals surface area contributed by atoms with Crippen LogP contribution in [0.2, 0.25) is 0 Å². The highest BCUT2D eigenvalue weighted by Crippen LogP contribution is 2.29. The lowest BCUT2D eigenvalue weighted by molar-refractivity contribution is -0.145. The quantitative estimate of drug-likeness (QED) is 0.582. The largest absolute Gasteiger partial charge is 0.458 e. The first-order valence-electron chi connectivity index (χ1n) is 4.71. The van der Waals surface area contributed by atoms with Gasteiger partial charge in [0.2, 0.25) is 0 Å². The van der Waals surface area contributed by atoms with Crippen molar-refractivity contribution in [1.29, 1.82) is 0 Å². The van der Waals surface area contributed by atoms with Crippen molar-refractivity contribution in [3.63, 3.8) is 0 Å². The number of Topliss-reactive ketones (excluding diaryl/α,β-unsaturated/α-hetero) is 1. The third-order valence-corrected chi connectivity index (χ3v) is 3.87. The summed E-state index contributed by atoms with van der Waals surface area (Å²) >= 11 is 8.00. The first-order chi connectivity index (χ1) is 7.20. The molecule has 6 heteroatoms. The molecule has 0 aliphatic rings. The molecule has 0 aliphatic heterocycles. The number of thioether (sulfide) groups is 2. The summed E-state index contributed by atoms with van der Waals surface area (Å²) in [5.74, 6) is -0.308. The van der Waals surface area contributed by atoms with Gasteiger partial charge in [0.15, 0.2) is 12.4 Å². The molecule has 0 bridgehead atoms. The Labute approximate surface area is 110 Å². The van der Waals surface area contributed by atoms with E-state index in [4.69, 9.17) is 12.2 Å². The van der Waals surface area contributed by atoms with Gasteiger partial charge in [0.1, 0.15) is 3.53 Å². The zero-order chi connectivity index (χ0) is 12.8. The van der Waals surface area contributed by atoms with Crippen LogP contribution in [0, 0.1) is 0 Å². The minimum absolute atomic E-state index is 0.0585. The summed E-state index contributed by atoms with van der Waals surface area (Å²) in [6.07, 6.45) is 0. The van der Waals surface area contributed by atoms with Crippen LogP contribution in [0.15, 0.2) is 0 Å². The normalized spacial score (nSPS) is 11.0. The van der Waals surface area contributed by atoms with Crippen molar-refractivity contribution in [2.24, 2.45) is 0 Å². The van der Waals surface area contributed by atoms with Crippen LogP contribution in [0.3, 0.4) is 0 Å². The molecule has 0 atom stereocenters. The number of rotatable bonds is 4. The minimum atomic E-state index is -0.440. The fraction of sp³-hybridized carbons (Fsp3) is 0.700. The SMILES string of the molecule is CC(=O)OCC(=O)CSC(=S)SC(C)(C)C. The van der Waals surface area contributed by atoms with Gasteiger partial charge in [-0.05, 0) is 0 Å². The summed E-state index contributed by atoms with van der Waals surface area (Å²) in [4.78, 5) is 21.7. The monoisotopic (exact) mass is 280 g/mol. The highest BCUT2D eigenvalue weighted by Gasteiger charge is 2.15. The Balaban J connectivity index is 3.76. The summed E-state index contributed by atoms with van der Waals surface area (Å²) in [5, 5.41) is 0. The van der Waals surface area contributed by atoms with Gasteiger partial charge in [0.05, 0.1) is 5.75 Å². The molecule has 0 amide bonds. The molecule has 16 heavy (non-hydrogen) atoms. The first kappa shape index (κ1) is 15.9. The van der Waals surface area contributed by atoms with E-state index in [2.05, 4.69) is 25.5 Å². The van der Waals surface area contributed by atoms with E-state index in [0.29, 0.717) is 0 Å². The number of hydrogen-bond donors (Lipinski definition) is 0. The van der Waals surface area contributed by atoms with Gasteiger partial charge < -0.3 is 4.74 Å². The van der Waals surface area contributed by atoms with Crippen LogP contribution >= 0.6 is 35.7 Å². The van der Waals surface area contributed by atoms with Crippen LogP contribution in [-0.2, 0) is 14.3 Å². The van der Waals surface area contributed by atoms with Crippen LogP contribution in [0.25, 0.3) is 0 Å². The molecular weight excluding hydrogens is 264 g/mol. The highest BCUT2D eigenvalue weighted by atomic mass is 32.2. The summed E-state index contributed by atoms with van der Waals surface area (Å²) < 4.78 is 5.38. The molecule has 0 radical (unpaired) electrons. The fourth-order valence-corrected chi connectivity index (χ4v) is 3.59. The maximum absolute atomic E-state index is 11.3. The fourth-order valence-electron chi connectivity index (χ4n) is 0.643. The summed E-state index contributed by atoms with van der Waals surface area (Å²) in [5.41, 5.74) is 0. The van der Waals surface area contributed by atoms with E-state index in [1.54, 1.807) is 11.8 Å². The highest BCUT2D eigenvalue weighted by molar-refractivity contribution is 8.47. The predicted molar refractivity (Wildman–Crippen MR) is 74.0 cm³/mol. The number of ether oxygens (including phenoxy) is 1. The first-order valence-corrected chi connectivity index (χ1v) is 6.92. The van der Waals surface area contributed by atoms with E-state index in [-0.39, 0.29) is 22.9 Å². The molecule has 0 N–H and O–H groups in total. The number of hydrogen-bond acceptors (Lipinski definition) is 6. The van der Waals surface area contributed by atoms with Gasteiger partial charge in [0, 0.05) is 11.7 Å². The molecule has 0 aromatic rings. The molecule has 0 fully saturated rings. The van der Waals surface area contributed by atoms with Crippen molar-refractivity contribution >= 4 is 51.0 Å². The van der Waals surface area contributed by atoms with E-state index in [1.165, 1.54) is 18.7 Å². The van der Waals surface area contributed by atoms with Crippen molar-refractivity contribution in [3.8, 4) is 0 Å². The van der Waals surface area contributed by atoms with Gasteiger partial charge in [-0.2, -0.15) is 0 Å². The molecule has 0 aliphatic carbocycles. The van der Waals surface area contributed by atoms with Crippen LogP contribution < -0.4 is 0 Å². The van der Waals surface area contributed by atoms with Crippen molar-refractivity contribution in [1.82, 2.24) is 0 Å². The van der Waals surface area contributed by atoms with E-state index in [0.717, 1.165) is 3.53 Å². The summed E-state index contributed by atoms with van der Waals surface area (Å²) in [6, 6.07) is 0. The molecule has 0 spiro atoms. The Hall–Kier alpha value is -0.0700. The Morgan fingerprint density at radius 1 is 1.31 bits per heavy atom. The molecule has 0 saturated heterocycles. The Bertz CT molecular complexity index is 282. The summed E-state index contributed by atoms with van der Waals surface area (Å²) in [6.45, 7) is 7.30. The van der Waals surface area contributed by atoms with E-state index in [1.807, 2.05) is 0 Å². The molecule has 0 heterocycles. The van der Waals surface area contributed by atoms with E-state index in [9.17, 15) is 9.59 Å². The molecule has 0 aromatic carbocycles. The standard InChI is InChI=1S/C10H16O3S3/c1-7(11)13-5-8(12)6-15-9(14)16-10(2,3)4/h5-6H2,1-4H3. The predicted octanol–water partition coefficient (Wildman–Crippen LogP) is 2.67. The van der Waals surface area contributed by atoms with Gasteiger partial charge in [-0.3, -0.25) is 9.59 Å². The molecule has 0 saturated carbocycles. The van der Waals surface area contributed by atoms with Gasteiger partial charge in [-0.15, -0.1) is 11.8 Å². The topological polar surface area (TPSA) is 43.4 Å². The number of carbonyl (C=O) groups excluding carboxylic acids is 2. The van der Waals surface area contributed by atoms with E-state index < -0.39 is 5.97 Å². The maximum Gasteiger partial charge on any atom is 0.303 e. The van der Waals surface area contributed by atoms with Crippen LogP contribution in [-0.4, -0.2) is 32.4 Å². The molecular formula is C10H16O3S3. The third-order valence-electron chi connectivity index (χ3n) is 1.18. The Morgan fingerprint density at radius 2 is 1.88 bits per heavy atom. The number of esters is 1. The van der Waals surface area contributed by atoms with Crippen molar-refractivity contribution in [2.75, 3.05) is 12.4 Å². The second kappa shape index (κ2) is 7.29. The molecule has 0 unspecified atom stereocenters. The van der Waals surface area contributed by atoms with Gasteiger partial charge in [-0.25, -0.2) is 0 Å². The van der Waals surface area contributed by atoms with Crippen LogP contribution in [0.5, 0.6) is 0 Å². The Kier molecular flexibility index (Phi) is 7.26. The molecule has 0 rings (SSSR count). The number of carbonyl (C=O) groups is 2. The second-order valence-corrected chi connectivity index (χ2v) is 8.08. The minimum Gasteiger partial charge on any atom is -0.458 e. The average Bonchev–Trinajstić information content (AvgIpc) is 2.08. The zero-order valence-electron chi connectivity index (χ0n) is 9.86. The lowest BCUT2D eigenvalue weighted by atomic mass is 10.3. The second-order valence-electron chi connectivity index (χ2n) is 4.07. The van der Waals surface area contributed by atoms with Crippen LogP contribution in [0.1, 0.15) is 27.7 Å². The van der Waals surface area contributed by atoms with Crippen molar-refractivity contribution < 1.29 is 14.3 Å². The third kappa shape index (κ3) is 10.4. The van der Waals surface area contributed by atoms with Crippen molar-refractivity contribution in [2.45, 2.75) is 32.4 Å². The molecule has 3 nitrogen and oxygen atoms in total. The van der Waals surface area contributed by atoms with Gasteiger partial charge in [0.25, 0.3) is 0 Å². The average molecular weight is 280 g/mol. The van der Waals surface area contributed by atoms with E-state index >= 15 is 0 Å². The van der Waals surface area contributed by atoms with Crippen molar-refractivity contribution in [3.05, 3.63) is 0 Å².